The van der Waals surface area contributed by atoms with Crippen molar-refractivity contribution in [1.29, 1.82) is 0 Å². The largest absolute Gasteiger partial charge is 0.494 e. The lowest BCUT2D eigenvalue weighted by Gasteiger charge is -2.08. The van der Waals surface area contributed by atoms with Crippen LogP contribution in [0.5, 0.6) is 5.75 Å². The predicted octanol–water partition coefficient (Wildman–Crippen LogP) is 4.39. The Morgan fingerprint density at radius 1 is 1.21 bits per heavy atom. The Hall–Kier alpha value is -1.61. The summed E-state index contributed by atoms with van der Waals surface area (Å²) in [6.45, 7) is 4.45. The van der Waals surface area contributed by atoms with Crippen molar-refractivity contribution in [1.82, 2.24) is 0 Å². The summed E-state index contributed by atoms with van der Waals surface area (Å²) in [6, 6.07) is 12.9. The normalized spacial score (nSPS) is 10.3. The van der Waals surface area contributed by atoms with Crippen molar-refractivity contribution in [3.63, 3.8) is 0 Å². The molecule has 0 atom stereocenters. The average Bonchev–Trinajstić information content (AvgIpc) is 2.42. The molecule has 0 fully saturated rings. The fraction of sp³-hybridized carbons (Fsp3) is 0.188. The molecule has 0 heterocycles. The van der Waals surface area contributed by atoms with Crippen molar-refractivity contribution in [3.05, 3.63) is 63.6 Å². The highest BCUT2D eigenvalue weighted by atomic mass is 79.9. The van der Waals surface area contributed by atoms with Crippen molar-refractivity contribution in [3.8, 4) is 5.75 Å². The molecule has 0 spiro atoms. The van der Waals surface area contributed by atoms with Crippen LogP contribution in [0.2, 0.25) is 0 Å². The zero-order valence-corrected chi connectivity index (χ0v) is 12.5. The maximum atomic E-state index is 12.5. The highest BCUT2D eigenvalue weighted by Gasteiger charge is 2.13. The van der Waals surface area contributed by atoms with E-state index in [1.807, 2.05) is 50.2 Å². The summed E-state index contributed by atoms with van der Waals surface area (Å²) in [4.78, 5) is 12.5. The van der Waals surface area contributed by atoms with Crippen molar-refractivity contribution in [2.75, 3.05) is 6.61 Å². The van der Waals surface area contributed by atoms with E-state index in [1.54, 1.807) is 6.07 Å². The topological polar surface area (TPSA) is 26.3 Å². The van der Waals surface area contributed by atoms with Crippen LogP contribution in [0.3, 0.4) is 0 Å². The lowest BCUT2D eigenvalue weighted by molar-refractivity contribution is 0.103. The van der Waals surface area contributed by atoms with Gasteiger partial charge < -0.3 is 4.74 Å². The molecule has 3 heteroatoms. The van der Waals surface area contributed by atoms with Crippen LogP contribution < -0.4 is 4.74 Å². The Kier molecular flexibility index (Phi) is 4.38. The average molecular weight is 319 g/mol. The molecule has 0 aliphatic heterocycles. The van der Waals surface area contributed by atoms with E-state index in [1.165, 1.54) is 0 Å². The highest BCUT2D eigenvalue weighted by Crippen LogP contribution is 2.23. The van der Waals surface area contributed by atoms with Gasteiger partial charge in [-0.3, -0.25) is 4.79 Å². The van der Waals surface area contributed by atoms with Crippen LogP contribution >= 0.6 is 15.9 Å². The van der Waals surface area contributed by atoms with E-state index in [0.717, 1.165) is 15.8 Å². The zero-order valence-electron chi connectivity index (χ0n) is 10.9. The maximum Gasteiger partial charge on any atom is 0.193 e. The van der Waals surface area contributed by atoms with Crippen LogP contribution in [0.25, 0.3) is 0 Å². The summed E-state index contributed by atoms with van der Waals surface area (Å²) >= 11 is 3.45. The molecular formula is C16H15BrO2. The highest BCUT2D eigenvalue weighted by molar-refractivity contribution is 9.10. The fourth-order valence-corrected chi connectivity index (χ4v) is 2.27. The van der Waals surface area contributed by atoms with E-state index in [2.05, 4.69) is 15.9 Å². The molecule has 2 nitrogen and oxygen atoms in total. The van der Waals surface area contributed by atoms with Crippen LogP contribution in [0, 0.1) is 6.92 Å². The molecule has 0 saturated carbocycles. The van der Waals surface area contributed by atoms with Crippen LogP contribution in [0.4, 0.5) is 0 Å². The van der Waals surface area contributed by atoms with Gasteiger partial charge in [0.1, 0.15) is 5.75 Å². The maximum absolute atomic E-state index is 12.5. The lowest BCUT2D eigenvalue weighted by atomic mass is 9.99. The second kappa shape index (κ2) is 6.02. The van der Waals surface area contributed by atoms with Gasteiger partial charge in [-0.25, -0.2) is 0 Å². The van der Waals surface area contributed by atoms with Gasteiger partial charge in [0.05, 0.1) is 6.61 Å². The summed E-state index contributed by atoms with van der Waals surface area (Å²) in [6.07, 6.45) is 0. The summed E-state index contributed by atoms with van der Waals surface area (Å²) in [5, 5.41) is 0. The third-order valence-corrected chi connectivity index (χ3v) is 3.78. The van der Waals surface area contributed by atoms with Gasteiger partial charge in [-0.2, -0.15) is 0 Å². The first-order valence-corrected chi connectivity index (χ1v) is 6.95. The van der Waals surface area contributed by atoms with E-state index < -0.39 is 0 Å². The van der Waals surface area contributed by atoms with Gasteiger partial charge in [-0.1, -0.05) is 40.2 Å². The van der Waals surface area contributed by atoms with Gasteiger partial charge in [0.25, 0.3) is 0 Å². The molecule has 2 aromatic carbocycles. The standard InChI is InChI=1S/C16H15BrO2/c1-3-19-13-7-4-6-12(10-13)16(18)14-8-5-9-15(17)11(14)2/h4-10H,3H2,1-2H3. The Morgan fingerprint density at radius 3 is 2.68 bits per heavy atom. The Bertz CT molecular complexity index is 605. The molecule has 0 aromatic heterocycles. The first-order chi connectivity index (χ1) is 9.13. The Morgan fingerprint density at radius 2 is 1.95 bits per heavy atom. The van der Waals surface area contributed by atoms with E-state index in [0.29, 0.717) is 17.7 Å². The number of hydrogen-bond donors (Lipinski definition) is 0. The van der Waals surface area contributed by atoms with Gasteiger partial charge in [0, 0.05) is 15.6 Å². The van der Waals surface area contributed by atoms with E-state index >= 15 is 0 Å². The van der Waals surface area contributed by atoms with Crippen LogP contribution in [-0.2, 0) is 0 Å². The zero-order chi connectivity index (χ0) is 13.8. The van der Waals surface area contributed by atoms with E-state index in [-0.39, 0.29) is 5.78 Å². The molecule has 0 aliphatic carbocycles. The molecule has 19 heavy (non-hydrogen) atoms. The molecule has 2 rings (SSSR count). The van der Waals surface area contributed by atoms with Gasteiger partial charge in [-0.05, 0) is 37.6 Å². The number of halogens is 1. The first kappa shape index (κ1) is 13.8. The first-order valence-electron chi connectivity index (χ1n) is 6.16. The van der Waals surface area contributed by atoms with Gasteiger partial charge in [-0.15, -0.1) is 0 Å². The smallest absolute Gasteiger partial charge is 0.193 e. The number of ketones is 1. The Balaban J connectivity index is 2.38. The number of hydrogen-bond acceptors (Lipinski definition) is 2. The summed E-state index contributed by atoms with van der Waals surface area (Å²) in [7, 11) is 0. The molecule has 0 aliphatic rings. The monoisotopic (exact) mass is 318 g/mol. The van der Waals surface area contributed by atoms with Crippen molar-refractivity contribution in [2.45, 2.75) is 13.8 Å². The molecule has 0 saturated heterocycles. The molecular weight excluding hydrogens is 304 g/mol. The van der Waals surface area contributed by atoms with Crippen LogP contribution in [0.1, 0.15) is 28.4 Å². The lowest BCUT2D eigenvalue weighted by Crippen LogP contribution is -2.04. The minimum absolute atomic E-state index is 0.0142. The third-order valence-electron chi connectivity index (χ3n) is 2.92. The van der Waals surface area contributed by atoms with Crippen LogP contribution in [0.15, 0.2) is 46.9 Å². The van der Waals surface area contributed by atoms with Crippen molar-refractivity contribution < 1.29 is 9.53 Å². The Labute approximate surface area is 121 Å². The molecule has 0 bridgehead atoms. The number of ether oxygens (including phenoxy) is 1. The molecule has 0 radical (unpaired) electrons. The molecule has 0 unspecified atom stereocenters. The molecule has 2 aromatic rings. The molecule has 98 valence electrons. The van der Waals surface area contributed by atoms with Crippen LogP contribution in [-0.4, -0.2) is 12.4 Å². The van der Waals surface area contributed by atoms with Gasteiger partial charge >= 0.3 is 0 Å². The minimum atomic E-state index is 0.0142. The second-order valence-corrected chi connectivity index (χ2v) is 5.06. The number of rotatable bonds is 4. The van der Waals surface area contributed by atoms with E-state index in [4.69, 9.17) is 4.74 Å². The van der Waals surface area contributed by atoms with Crippen molar-refractivity contribution in [2.24, 2.45) is 0 Å². The summed E-state index contributed by atoms with van der Waals surface area (Å²) < 4.78 is 6.37. The SMILES string of the molecule is CCOc1cccc(C(=O)c2cccc(Br)c2C)c1. The summed E-state index contributed by atoms with van der Waals surface area (Å²) in [5.41, 5.74) is 2.31. The quantitative estimate of drug-likeness (QED) is 0.782. The predicted molar refractivity (Wildman–Crippen MR) is 79.9 cm³/mol. The number of benzene rings is 2. The van der Waals surface area contributed by atoms with Gasteiger partial charge in [0.2, 0.25) is 0 Å². The number of carbonyl (C=O) groups excluding carboxylic acids is 1. The molecule has 0 amide bonds. The second-order valence-electron chi connectivity index (χ2n) is 4.20. The minimum Gasteiger partial charge on any atom is -0.494 e. The van der Waals surface area contributed by atoms with Gasteiger partial charge in [0.15, 0.2) is 5.78 Å². The number of carbonyl (C=O) groups is 1. The van der Waals surface area contributed by atoms with E-state index in [9.17, 15) is 4.79 Å². The van der Waals surface area contributed by atoms with Crippen molar-refractivity contribution >= 4 is 21.7 Å². The summed E-state index contributed by atoms with van der Waals surface area (Å²) in [5.74, 6) is 0.737. The molecule has 0 N–H and O–H groups in total. The fourth-order valence-electron chi connectivity index (χ4n) is 1.90. The third kappa shape index (κ3) is 3.04.